The van der Waals surface area contributed by atoms with Gasteiger partial charge in [-0.05, 0) is 50.5 Å². The highest BCUT2D eigenvalue weighted by Crippen LogP contribution is 2.23. The number of para-hydroxylation sites is 1. The van der Waals surface area contributed by atoms with Crippen LogP contribution in [0.4, 0.5) is 0 Å². The van der Waals surface area contributed by atoms with Crippen LogP contribution < -0.4 is 4.43 Å². The van der Waals surface area contributed by atoms with E-state index in [1.165, 1.54) is 18.4 Å². The number of rotatable bonds is 15. The Hall–Kier alpha value is -0.626. The molecule has 26 heavy (non-hydrogen) atoms. The standard InChI is InChI=1S/C21H38O3Si2/c1-6-8-16-22-21(23-17-9-7-2)25-18-12-14-19-13-10-11-15-20(19)24-26(3,4)5/h10-11,13,15,21H,6-9,12,14,16-18H2,1-5H3. The average molecular weight is 395 g/mol. The minimum Gasteiger partial charge on any atom is -0.544 e. The minimum absolute atomic E-state index is 0.0124. The van der Waals surface area contributed by atoms with Crippen LogP contribution in [-0.2, 0) is 15.9 Å². The number of benzene rings is 1. The predicted molar refractivity (Wildman–Crippen MR) is 115 cm³/mol. The largest absolute Gasteiger partial charge is 0.544 e. The molecule has 0 saturated heterocycles. The smallest absolute Gasteiger partial charge is 0.242 e. The van der Waals surface area contributed by atoms with E-state index >= 15 is 0 Å². The van der Waals surface area contributed by atoms with E-state index in [9.17, 15) is 0 Å². The SMILES string of the molecule is CCCCOC(OCCCC)[Si]CCCc1ccccc1O[Si](C)(C)C. The van der Waals surface area contributed by atoms with Crippen molar-refractivity contribution in [3.05, 3.63) is 29.8 Å². The zero-order chi connectivity index (χ0) is 19.3. The Bertz CT molecular complexity index is 465. The summed E-state index contributed by atoms with van der Waals surface area (Å²) >= 11 is 0. The predicted octanol–water partition coefficient (Wildman–Crippen LogP) is 5.87. The highest BCUT2D eigenvalue weighted by Gasteiger charge is 2.18. The summed E-state index contributed by atoms with van der Waals surface area (Å²) in [7, 11) is -0.863. The molecule has 0 saturated carbocycles. The molecule has 0 amide bonds. The van der Waals surface area contributed by atoms with Crippen LogP contribution in [0.2, 0.25) is 25.7 Å². The highest BCUT2D eigenvalue weighted by molar-refractivity contribution is 6.70. The van der Waals surface area contributed by atoms with Crippen molar-refractivity contribution in [2.24, 2.45) is 0 Å². The van der Waals surface area contributed by atoms with Gasteiger partial charge >= 0.3 is 0 Å². The molecule has 0 N–H and O–H groups in total. The Morgan fingerprint density at radius 2 is 1.54 bits per heavy atom. The second-order valence-electron chi connectivity index (χ2n) is 7.66. The highest BCUT2D eigenvalue weighted by atomic mass is 28.4. The molecule has 0 aliphatic rings. The van der Waals surface area contributed by atoms with Gasteiger partial charge in [0, 0.05) is 13.2 Å². The molecule has 1 aromatic rings. The Morgan fingerprint density at radius 3 is 2.12 bits per heavy atom. The Morgan fingerprint density at radius 1 is 0.923 bits per heavy atom. The van der Waals surface area contributed by atoms with Gasteiger partial charge in [0.25, 0.3) is 0 Å². The molecule has 2 radical (unpaired) electrons. The lowest BCUT2D eigenvalue weighted by atomic mass is 10.1. The summed E-state index contributed by atoms with van der Waals surface area (Å²) in [6, 6.07) is 9.63. The summed E-state index contributed by atoms with van der Waals surface area (Å²) in [5.41, 5.74) is 1.33. The summed E-state index contributed by atoms with van der Waals surface area (Å²) in [5, 5.41) is 0. The number of aryl methyl sites for hydroxylation is 1. The molecule has 1 aromatic carbocycles. The van der Waals surface area contributed by atoms with E-state index in [-0.39, 0.29) is 5.91 Å². The molecule has 0 aliphatic carbocycles. The van der Waals surface area contributed by atoms with Gasteiger partial charge in [-0.3, -0.25) is 0 Å². The van der Waals surface area contributed by atoms with Gasteiger partial charge in [-0.1, -0.05) is 57.4 Å². The third-order valence-electron chi connectivity index (χ3n) is 3.86. The molecule has 3 nitrogen and oxygen atoms in total. The van der Waals surface area contributed by atoms with Crippen LogP contribution in [0.1, 0.15) is 51.5 Å². The molecule has 5 heteroatoms. The molecule has 0 aliphatic heterocycles. The van der Waals surface area contributed by atoms with Crippen LogP contribution in [0, 0.1) is 0 Å². The van der Waals surface area contributed by atoms with Gasteiger partial charge in [-0.25, -0.2) is 0 Å². The first-order valence-corrected chi connectivity index (χ1v) is 14.9. The lowest BCUT2D eigenvalue weighted by molar-refractivity contribution is -0.0920. The summed E-state index contributed by atoms with van der Waals surface area (Å²) in [6.45, 7) is 12.7. The molecule has 0 bridgehead atoms. The fraction of sp³-hybridized carbons (Fsp3) is 0.714. The van der Waals surface area contributed by atoms with Gasteiger partial charge in [0.1, 0.15) is 21.2 Å². The van der Waals surface area contributed by atoms with E-state index in [4.69, 9.17) is 13.9 Å². The maximum atomic E-state index is 6.23. The molecule has 0 unspecified atom stereocenters. The second kappa shape index (κ2) is 13.5. The minimum atomic E-state index is -1.57. The second-order valence-corrected chi connectivity index (χ2v) is 13.5. The van der Waals surface area contributed by atoms with E-state index in [0.717, 1.165) is 50.7 Å². The van der Waals surface area contributed by atoms with Crippen molar-refractivity contribution in [2.75, 3.05) is 13.2 Å². The first kappa shape index (κ1) is 23.4. The van der Waals surface area contributed by atoms with Crippen LogP contribution in [0.25, 0.3) is 0 Å². The van der Waals surface area contributed by atoms with Gasteiger partial charge in [0.2, 0.25) is 8.32 Å². The Labute approximate surface area is 164 Å². The third kappa shape index (κ3) is 11.2. The zero-order valence-electron chi connectivity index (χ0n) is 17.5. The van der Waals surface area contributed by atoms with Crippen LogP contribution in [0.3, 0.4) is 0 Å². The molecule has 0 aromatic heterocycles. The molecule has 148 valence electrons. The van der Waals surface area contributed by atoms with E-state index in [0.29, 0.717) is 9.52 Å². The fourth-order valence-electron chi connectivity index (χ4n) is 2.47. The van der Waals surface area contributed by atoms with Gasteiger partial charge in [-0.2, -0.15) is 0 Å². The van der Waals surface area contributed by atoms with E-state index in [2.05, 4.69) is 57.8 Å². The van der Waals surface area contributed by atoms with Crippen molar-refractivity contribution in [1.29, 1.82) is 0 Å². The van der Waals surface area contributed by atoms with Crippen LogP contribution in [0.5, 0.6) is 5.75 Å². The van der Waals surface area contributed by atoms with Gasteiger partial charge < -0.3 is 13.9 Å². The molecule has 0 spiro atoms. The van der Waals surface area contributed by atoms with E-state index in [1.807, 2.05) is 0 Å². The summed E-state index contributed by atoms with van der Waals surface area (Å²) < 4.78 is 18.1. The average Bonchev–Trinajstić information content (AvgIpc) is 2.58. The van der Waals surface area contributed by atoms with Crippen LogP contribution >= 0.6 is 0 Å². The fourth-order valence-corrected chi connectivity index (χ4v) is 4.42. The molecular formula is C21H38O3Si2. The molecule has 0 atom stereocenters. The summed E-state index contributed by atoms with van der Waals surface area (Å²) in [5.74, 6) is 1.06. The number of unbranched alkanes of at least 4 members (excludes halogenated alkanes) is 2. The Balaban J connectivity index is 2.42. The van der Waals surface area contributed by atoms with Crippen molar-refractivity contribution in [2.45, 2.75) is 84.0 Å². The summed E-state index contributed by atoms with van der Waals surface area (Å²) in [6.07, 6.45) is 6.76. The van der Waals surface area contributed by atoms with Crippen LogP contribution in [-0.4, -0.2) is 37.0 Å². The van der Waals surface area contributed by atoms with E-state index in [1.54, 1.807) is 0 Å². The monoisotopic (exact) mass is 394 g/mol. The first-order chi connectivity index (χ1) is 12.5. The summed E-state index contributed by atoms with van der Waals surface area (Å²) in [4.78, 5) is 0. The maximum Gasteiger partial charge on any atom is 0.242 e. The van der Waals surface area contributed by atoms with Gasteiger partial charge in [0.05, 0.1) is 0 Å². The molecule has 0 fully saturated rings. The van der Waals surface area contributed by atoms with E-state index < -0.39 is 8.32 Å². The number of hydrogen-bond donors (Lipinski definition) is 0. The van der Waals surface area contributed by atoms with Crippen molar-refractivity contribution >= 4 is 17.8 Å². The normalized spacial score (nSPS) is 11.9. The zero-order valence-corrected chi connectivity index (χ0v) is 19.5. The maximum absolute atomic E-state index is 6.23. The van der Waals surface area contributed by atoms with Crippen LogP contribution in [0.15, 0.2) is 24.3 Å². The third-order valence-corrected chi connectivity index (χ3v) is 6.00. The van der Waals surface area contributed by atoms with Crippen molar-refractivity contribution in [3.8, 4) is 5.75 Å². The number of hydrogen-bond acceptors (Lipinski definition) is 3. The number of ether oxygens (including phenoxy) is 2. The van der Waals surface area contributed by atoms with Crippen molar-refractivity contribution < 1.29 is 13.9 Å². The quantitative estimate of drug-likeness (QED) is 0.211. The topological polar surface area (TPSA) is 27.7 Å². The molecule has 1 rings (SSSR count). The van der Waals surface area contributed by atoms with Gasteiger partial charge in [-0.15, -0.1) is 0 Å². The Kier molecular flexibility index (Phi) is 12.2. The molecular weight excluding hydrogens is 356 g/mol. The van der Waals surface area contributed by atoms with Crippen molar-refractivity contribution in [3.63, 3.8) is 0 Å². The lowest BCUT2D eigenvalue weighted by Gasteiger charge is -2.22. The van der Waals surface area contributed by atoms with Crippen molar-refractivity contribution in [1.82, 2.24) is 0 Å². The first-order valence-electron chi connectivity index (χ1n) is 10.2. The lowest BCUT2D eigenvalue weighted by Crippen LogP contribution is -2.29. The molecule has 0 heterocycles. The van der Waals surface area contributed by atoms with Gasteiger partial charge in [0.15, 0.2) is 0 Å².